The van der Waals surface area contributed by atoms with Crippen LogP contribution in [0.5, 0.6) is 0 Å². The van der Waals surface area contributed by atoms with Crippen LogP contribution in [0.15, 0.2) is 24.3 Å². The number of fused-ring (bicyclic) bond motifs is 1. The van der Waals surface area contributed by atoms with Crippen LogP contribution in [0.25, 0.3) is 0 Å². The van der Waals surface area contributed by atoms with Gasteiger partial charge in [-0.1, -0.05) is 25.1 Å². The van der Waals surface area contributed by atoms with Crippen molar-refractivity contribution in [2.75, 3.05) is 24.5 Å². The van der Waals surface area contributed by atoms with E-state index in [2.05, 4.69) is 43.1 Å². The number of likely N-dealkylation sites (tertiary alicyclic amines) is 1. The summed E-state index contributed by atoms with van der Waals surface area (Å²) in [5.74, 6) is 0.775. The van der Waals surface area contributed by atoms with Crippen LogP contribution in [0.3, 0.4) is 0 Å². The minimum atomic E-state index is 0.0417. The lowest BCUT2D eigenvalue weighted by Gasteiger charge is -2.33. The van der Waals surface area contributed by atoms with Crippen LogP contribution in [0.2, 0.25) is 0 Å². The molecule has 0 spiro atoms. The molecule has 126 valence electrons. The van der Waals surface area contributed by atoms with Gasteiger partial charge in [-0.15, -0.1) is 0 Å². The monoisotopic (exact) mass is 315 g/mol. The lowest BCUT2D eigenvalue weighted by molar-refractivity contribution is 0.170. The Balaban J connectivity index is 1.58. The van der Waals surface area contributed by atoms with Gasteiger partial charge in [0.15, 0.2) is 0 Å². The molecule has 0 bridgehead atoms. The van der Waals surface area contributed by atoms with Gasteiger partial charge in [-0.3, -0.25) is 4.90 Å². The molecule has 1 saturated heterocycles. The maximum atomic E-state index is 12.7. The average molecular weight is 315 g/mol. The third kappa shape index (κ3) is 3.69. The lowest BCUT2D eigenvalue weighted by atomic mass is 10.00. The number of hydrogen-bond donors (Lipinski definition) is 1. The van der Waals surface area contributed by atoms with Crippen LogP contribution < -0.4 is 10.2 Å². The van der Waals surface area contributed by atoms with Gasteiger partial charge in [0.1, 0.15) is 0 Å². The predicted octanol–water partition coefficient (Wildman–Crippen LogP) is 3.27. The van der Waals surface area contributed by atoms with Gasteiger partial charge in [0.25, 0.3) is 0 Å². The Morgan fingerprint density at radius 1 is 1.35 bits per heavy atom. The second kappa shape index (κ2) is 6.91. The maximum absolute atomic E-state index is 12.7. The first-order chi connectivity index (χ1) is 11.0. The molecule has 0 radical (unpaired) electrons. The van der Waals surface area contributed by atoms with E-state index in [9.17, 15) is 4.79 Å². The first-order valence-corrected chi connectivity index (χ1v) is 8.94. The van der Waals surface area contributed by atoms with Crippen molar-refractivity contribution in [3.63, 3.8) is 0 Å². The van der Waals surface area contributed by atoms with Gasteiger partial charge in [-0.05, 0) is 57.2 Å². The van der Waals surface area contributed by atoms with Crippen molar-refractivity contribution >= 4 is 11.7 Å². The fraction of sp³-hybridized carbons (Fsp3) is 0.632. The average Bonchev–Trinajstić information content (AvgIpc) is 2.82. The summed E-state index contributed by atoms with van der Waals surface area (Å²) < 4.78 is 0. The van der Waals surface area contributed by atoms with Gasteiger partial charge >= 0.3 is 6.03 Å². The van der Waals surface area contributed by atoms with E-state index in [1.54, 1.807) is 0 Å². The van der Waals surface area contributed by atoms with Gasteiger partial charge in [-0.2, -0.15) is 0 Å². The van der Waals surface area contributed by atoms with Crippen LogP contribution in [0, 0.1) is 5.92 Å². The minimum absolute atomic E-state index is 0.0417. The van der Waals surface area contributed by atoms with Crippen molar-refractivity contribution in [3.8, 4) is 0 Å². The summed E-state index contributed by atoms with van der Waals surface area (Å²) in [5.41, 5.74) is 2.34. The molecular formula is C19H29N3O. The molecule has 2 aliphatic heterocycles. The zero-order valence-electron chi connectivity index (χ0n) is 14.6. The molecule has 1 aromatic carbocycles. The Hall–Kier alpha value is -1.55. The number of nitrogens with one attached hydrogen (secondary N) is 1. The second-order valence-electron chi connectivity index (χ2n) is 7.41. The Kier molecular flexibility index (Phi) is 4.90. The Labute approximate surface area is 139 Å². The van der Waals surface area contributed by atoms with Crippen molar-refractivity contribution in [2.24, 2.45) is 5.92 Å². The quantitative estimate of drug-likeness (QED) is 0.929. The van der Waals surface area contributed by atoms with Gasteiger partial charge in [-0.25, -0.2) is 4.79 Å². The third-order valence-corrected chi connectivity index (χ3v) is 5.07. The van der Waals surface area contributed by atoms with Gasteiger partial charge in [0.2, 0.25) is 0 Å². The zero-order valence-corrected chi connectivity index (χ0v) is 14.6. The fourth-order valence-corrected chi connectivity index (χ4v) is 4.04. The van der Waals surface area contributed by atoms with Crippen molar-refractivity contribution < 1.29 is 4.79 Å². The normalized spacial score (nSPS) is 26.0. The summed E-state index contributed by atoms with van der Waals surface area (Å²) in [6.07, 6.45) is 3.55. The summed E-state index contributed by atoms with van der Waals surface area (Å²) in [7, 11) is 0. The molecule has 4 nitrogen and oxygen atoms in total. The highest BCUT2D eigenvalue weighted by atomic mass is 16.2. The maximum Gasteiger partial charge on any atom is 0.322 e. The summed E-state index contributed by atoms with van der Waals surface area (Å²) in [5, 5.41) is 3.20. The molecular weight excluding hydrogens is 286 g/mol. The summed E-state index contributed by atoms with van der Waals surface area (Å²) in [6, 6.07) is 8.68. The molecule has 1 fully saturated rings. The number of nitrogens with zero attached hydrogens (tertiary/aromatic N) is 2. The number of anilines is 1. The molecule has 2 amide bonds. The first-order valence-electron chi connectivity index (χ1n) is 8.94. The van der Waals surface area contributed by atoms with E-state index < -0.39 is 0 Å². The summed E-state index contributed by atoms with van der Waals surface area (Å²) >= 11 is 0. The van der Waals surface area contributed by atoms with Gasteiger partial charge in [0, 0.05) is 30.9 Å². The van der Waals surface area contributed by atoms with E-state index in [1.165, 1.54) is 18.4 Å². The largest absolute Gasteiger partial charge is 0.334 e. The van der Waals surface area contributed by atoms with Crippen LogP contribution >= 0.6 is 0 Å². The zero-order chi connectivity index (χ0) is 16.4. The Morgan fingerprint density at radius 2 is 2.13 bits per heavy atom. The van der Waals surface area contributed by atoms with E-state index >= 15 is 0 Å². The van der Waals surface area contributed by atoms with Crippen molar-refractivity contribution in [3.05, 3.63) is 29.8 Å². The molecule has 0 aromatic heterocycles. The molecule has 1 N–H and O–H groups in total. The molecule has 4 heteroatoms. The predicted molar refractivity (Wildman–Crippen MR) is 94.9 cm³/mol. The van der Waals surface area contributed by atoms with E-state index in [0.29, 0.717) is 0 Å². The molecule has 3 rings (SSSR count). The Bertz CT molecular complexity index is 559. The Morgan fingerprint density at radius 3 is 2.91 bits per heavy atom. The topological polar surface area (TPSA) is 35.6 Å². The van der Waals surface area contributed by atoms with Crippen LogP contribution in [0.1, 0.15) is 39.2 Å². The van der Waals surface area contributed by atoms with Crippen molar-refractivity contribution in [1.29, 1.82) is 0 Å². The number of rotatable bonds is 3. The SMILES string of the molecule is CC1CCCN(CC(C)NC(=O)N2c3ccccc3CC2C)C1. The highest BCUT2D eigenvalue weighted by Crippen LogP contribution is 2.31. The minimum Gasteiger partial charge on any atom is -0.334 e. The number of amides is 2. The van der Waals surface area contributed by atoms with Crippen LogP contribution in [-0.4, -0.2) is 42.6 Å². The number of carbonyl (C=O) groups is 1. The molecule has 23 heavy (non-hydrogen) atoms. The number of piperidine rings is 1. The van der Waals surface area contributed by atoms with Gasteiger partial charge < -0.3 is 10.2 Å². The van der Waals surface area contributed by atoms with E-state index in [0.717, 1.165) is 37.7 Å². The van der Waals surface area contributed by atoms with E-state index in [-0.39, 0.29) is 18.1 Å². The second-order valence-corrected chi connectivity index (χ2v) is 7.41. The molecule has 2 aliphatic rings. The van der Waals surface area contributed by atoms with Crippen molar-refractivity contribution in [2.45, 2.75) is 52.1 Å². The standard InChI is InChI=1S/C19H29N3O/c1-14-7-6-10-21(12-14)13-15(2)20-19(23)22-16(3)11-17-8-4-5-9-18(17)22/h4-5,8-9,14-16H,6-7,10-13H2,1-3H3,(H,20,23). The number of benzene rings is 1. The molecule has 0 saturated carbocycles. The molecule has 0 aliphatic carbocycles. The van der Waals surface area contributed by atoms with E-state index in [4.69, 9.17) is 0 Å². The number of para-hydroxylation sites is 1. The van der Waals surface area contributed by atoms with Crippen LogP contribution in [-0.2, 0) is 6.42 Å². The number of hydrogen-bond acceptors (Lipinski definition) is 2. The summed E-state index contributed by atoms with van der Waals surface area (Å²) in [6.45, 7) is 9.81. The van der Waals surface area contributed by atoms with E-state index in [1.807, 2.05) is 17.0 Å². The first kappa shape index (κ1) is 16.3. The smallest absolute Gasteiger partial charge is 0.322 e. The molecule has 3 atom stereocenters. The highest BCUT2D eigenvalue weighted by Gasteiger charge is 2.31. The fourth-order valence-electron chi connectivity index (χ4n) is 4.04. The van der Waals surface area contributed by atoms with Crippen LogP contribution in [0.4, 0.5) is 10.5 Å². The molecule has 2 heterocycles. The summed E-state index contributed by atoms with van der Waals surface area (Å²) in [4.78, 5) is 17.1. The highest BCUT2D eigenvalue weighted by molar-refractivity contribution is 5.95. The molecule has 1 aromatic rings. The van der Waals surface area contributed by atoms with Gasteiger partial charge in [0.05, 0.1) is 0 Å². The third-order valence-electron chi connectivity index (χ3n) is 5.07. The lowest BCUT2D eigenvalue weighted by Crippen LogP contribution is -2.50. The number of carbonyl (C=O) groups excluding carboxylic acids is 1. The molecule has 3 unspecified atom stereocenters. The van der Waals surface area contributed by atoms with Crippen molar-refractivity contribution in [1.82, 2.24) is 10.2 Å². The number of urea groups is 1.